The molecule has 0 aliphatic carbocycles. The molecule has 330 valence electrons. The molecule has 0 radical (unpaired) electrons. The van der Waals surface area contributed by atoms with Gasteiger partial charge in [-0.3, -0.25) is 0 Å². The van der Waals surface area contributed by atoms with Crippen LogP contribution in [0.4, 0.5) is 85.3 Å². The largest absolute Gasteiger partial charge is 0.436 e. The van der Waals surface area contributed by atoms with Gasteiger partial charge in [-0.15, -0.1) is 0 Å². The van der Waals surface area contributed by atoms with E-state index in [0.717, 1.165) is 107 Å². The highest BCUT2D eigenvalue weighted by Crippen LogP contribution is 2.64. The summed E-state index contributed by atoms with van der Waals surface area (Å²) in [6, 6.07) is 69.9. The van der Waals surface area contributed by atoms with E-state index in [1.807, 2.05) is 48.5 Å². The molecule has 0 N–H and O–H groups in total. The van der Waals surface area contributed by atoms with Crippen LogP contribution in [0.3, 0.4) is 0 Å². The van der Waals surface area contributed by atoms with Gasteiger partial charge in [0.1, 0.15) is 11.0 Å². The van der Waals surface area contributed by atoms with Crippen LogP contribution in [0.1, 0.15) is 0 Å². The number of oxazole rings is 2. The Morgan fingerprint density at radius 2 is 0.551 bits per heavy atom. The van der Waals surface area contributed by atoms with Gasteiger partial charge in [0, 0.05) is 21.1 Å². The van der Waals surface area contributed by atoms with Gasteiger partial charge in [0.15, 0.2) is 11.2 Å². The zero-order valence-electron chi connectivity index (χ0n) is 37.9. The Morgan fingerprint density at radius 3 is 0.855 bits per heavy atom. The number of anilines is 15. The third-order valence-corrected chi connectivity index (χ3v) is 13.9. The van der Waals surface area contributed by atoms with Crippen molar-refractivity contribution in [2.24, 2.45) is 0 Å². The van der Waals surface area contributed by atoms with Crippen molar-refractivity contribution in [1.82, 2.24) is 9.97 Å². The van der Waals surface area contributed by atoms with Gasteiger partial charge in [0.05, 0.1) is 96.4 Å². The first kappa shape index (κ1) is 38.9. The van der Waals surface area contributed by atoms with Crippen molar-refractivity contribution >= 4 is 108 Å². The summed E-state index contributed by atoms with van der Waals surface area (Å²) in [5.41, 5.74) is 19.1. The number of hydrogen-bond donors (Lipinski definition) is 0. The number of nitrogens with zero attached hydrogens (tertiary/aromatic N) is 8. The van der Waals surface area contributed by atoms with Crippen LogP contribution in [0.2, 0.25) is 0 Å². The van der Waals surface area contributed by atoms with E-state index < -0.39 is 0 Å². The summed E-state index contributed by atoms with van der Waals surface area (Å²) >= 11 is 0. The Labute approximate surface area is 398 Å². The minimum absolute atomic E-state index is 0.451. The SMILES string of the molecule is CN1c2ccccc2N(c2cc(N3c4ccccc4N(C)c4ccccc43)c(-c3nc4ccccc4o3)c(N3c4ccccc4N(C)c4ccccc43)c2-c2nc3ccccc3o2)c2ccccc21. The lowest BCUT2D eigenvalue weighted by Crippen LogP contribution is -2.28. The van der Waals surface area contributed by atoms with Crippen LogP contribution in [0, 0.1) is 0 Å². The first-order valence-electron chi connectivity index (χ1n) is 23.1. The molecule has 0 bridgehead atoms. The van der Waals surface area contributed by atoms with E-state index in [2.05, 4.69) is 202 Å². The highest BCUT2D eigenvalue weighted by Gasteiger charge is 2.41. The van der Waals surface area contributed by atoms with Crippen LogP contribution in [0.5, 0.6) is 0 Å². The molecule has 14 rings (SSSR count). The number of hydrogen-bond acceptors (Lipinski definition) is 10. The third-order valence-electron chi connectivity index (χ3n) is 13.9. The van der Waals surface area contributed by atoms with Gasteiger partial charge in [0.2, 0.25) is 11.8 Å². The normalized spacial score (nSPS) is 13.6. The molecule has 0 fully saturated rings. The zero-order valence-corrected chi connectivity index (χ0v) is 37.9. The molecule has 2 aromatic heterocycles. The van der Waals surface area contributed by atoms with Crippen LogP contribution in [-0.4, -0.2) is 31.1 Å². The molecule has 9 aromatic carbocycles. The fourth-order valence-corrected chi connectivity index (χ4v) is 10.8. The summed E-state index contributed by atoms with van der Waals surface area (Å²) in [6.07, 6.45) is 0. The summed E-state index contributed by atoms with van der Waals surface area (Å²) in [6.45, 7) is 0. The predicted octanol–water partition coefficient (Wildman–Crippen LogP) is 16.0. The third kappa shape index (κ3) is 5.66. The van der Waals surface area contributed by atoms with Crippen LogP contribution in [-0.2, 0) is 0 Å². The van der Waals surface area contributed by atoms with E-state index in [-0.39, 0.29) is 0 Å². The van der Waals surface area contributed by atoms with E-state index >= 15 is 0 Å². The molecule has 10 heteroatoms. The van der Waals surface area contributed by atoms with Gasteiger partial charge in [0.25, 0.3) is 0 Å². The second-order valence-electron chi connectivity index (χ2n) is 17.6. The maximum Gasteiger partial charge on any atom is 0.231 e. The number of fused-ring (bicyclic) bond motifs is 8. The number of rotatable bonds is 5. The summed E-state index contributed by atoms with van der Waals surface area (Å²) in [5, 5.41) is 0. The molecular weight excluding hydrogens is 853 g/mol. The molecule has 0 amide bonds. The summed E-state index contributed by atoms with van der Waals surface area (Å²) in [5.74, 6) is 0.902. The minimum Gasteiger partial charge on any atom is -0.436 e. The van der Waals surface area contributed by atoms with E-state index in [0.29, 0.717) is 22.9 Å². The fraction of sp³-hybridized carbons (Fsp3) is 0.0508. The van der Waals surface area contributed by atoms with Crippen molar-refractivity contribution in [2.75, 3.05) is 50.5 Å². The Balaban J connectivity index is 1.24. The van der Waals surface area contributed by atoms with Gasteiger partial charge < -0.3 is 38.2 Å². The number of para-hydroxylation sites is 16. The van der Waals surface area contributed by atoms with E-state index in [4.69, 9.17) is 18.8 Å². The van der Waals surface area contributed by atoms with Crippen molar-refractivity contribution in [2.45, 2.75) is 0 Å². The van der Waals surface area contributed by atoms with E-state index in [1.54, 1.807) is 0 Å². The lowest BCUT2D eigenvalue weighted by molar-refractivity contribution is 0.617. The van der Waals surface area contributed by atoms with Gasteiger partial charge in [-0.1, -0.05) is 97.1 Å². The van der Waals surface area contributed by atoms with Crippen molar-refractivity contribution in [1.29, 1.82) is 0 Å². The van der Waals surface area contributed by atoms with Crippen LogP contribution in [0.25, 0.3) is 45.1 Å². The molecule has 3 aliphatic heterocycles. The molecule has 10 nitrogen and oxygen atoms in total. The Hall–Kier alpha value is -9.28. The molecule has 0 saturated heterocycles. The van der Waals surface area contributed by atoms with Crippen molar-refractivity contribution < 1.29 is 8.83 Å². The van der Waals surface area contributed by atoms with Gasteiger partial charge >= 0.3 is 0 Å². The molecule has 69 heavy (non-hydrogen) atoms. The molecular formula is C59H42N8O2. The maximum absolute atomic E-state index is 7.12. The quantitative estimate of drug-likeness (QED) is 0.167. The molecule has 3 aliphatic rings. The van der Waals surface area contributed by atoms with Gasteiger partial charge in [-0.25, -0.2) is 9.97 Å². The second kappa shape index (κ2) is 14.9. The second-order valence-corrected chi connectivity index (χ2v) is 17.6. The topological polar surface area (TPSA) is 71.5 Å². The highest BCUT2D eigenvalue weighted by atomic mass is 16.4. The summed E-state index contributed by atoms with van der Waals surface area (Å²) in [4.78, 5) is 24.8. The fourth-order valence-electron chi connectivity index (χ4n) is 10.8. The Kier molecular flexibility index (Phi) is 8.39. The lowest BCUT2D eigenvalue weighted by atomic mass is 9.94. The molecule has 5 heterocycles. The van der Waals surface area contributed by atoms with E-state index in [1.165, 1.54) is 0 Å². The predicted molar refractivity (Wildman–Crippen MR) is 281 cm³/mol. The first-order chi connectivity index (χ1) is 34.0. The lowest BCUT2D eigenvalue weighted by Gasteiger charge is -2.44. The van der Waals surface area contributed by atoms with E-state index in [9.17, 15) is 0 Å². The first-order valence-corrected chi connectivity index (χ1v) is 23.1. The van der Waals surface area contributed by atoms with Gasteiger partial charge in [-0.05, 0) is 103 Å². The van der Waals surface area contributed by atoms with Crippen molar-refractivity contribution in [3.8, 4) is 22.9 Å². The molecule has 0 atom stereocenters. The average molecular weight is 895 g/mol. The Bertz CT molecular complexity index is 3470. The summed E-state index contributed by atoms with van der Waals surface area (Å²) < 4.78 is 14.2. The molecule has 11 aromatic rings. The Morgan fingerprint density at radius 1 is 0.290 bits per heavy atom. The zero-order chi connectivity index (χ0) is 45.9. The molecule has 0 saturated carbocycles. The van der Waals surface area contributed by atoms with Crippen LogP contribution < -0.4 is 29.4 Å². The van der Waals surface area contributed by atoms with Crippen molar-refractivity contribution in [3.63, 3.8) is 0 Å². The van der Waals surface area contributed by atoms with Crippen LogP contribution >= 0.6 is 0 Å². The van der Waals surface area contributed by atoms with Gasteiger partial charge in [-0.2, -0.15) is 0 Å². The van der Waals surface area contributed by atoms with Crippen LogP contribution in [0.15, 0.2) is 209 Å². The highest BCUT2D eigenvalue weighted by molar-refractivity contribution is 6.15. The maximum atomic E-state index is 7.12. The smallest absolute Gasteiger partial charge is 0.231 e. The summed E-state index contributed by atoms with van der Waals surface area (Å²) in [7, 11) is 6.41. The molecule has 0 spiro atoms. The van der Waals surface area contributed by atoms with Crippen molar-refractivity contribution in [3.05, 3.63) is 200 Å². The number of aromatic nitrogens is 2. The monoisotopic (exact) mass is 894 g/mol. The number of benzene rings is 9. The molecule has 0 unspecified atom stereocenters. The standard InChI is InChI=1S/C59H42N8O2/c1-62-39-22-6-12-28-45(39)65(46-29-13-7-23-40(46)62)51-36-52(66-47-30-14-8-24-41(47)63(2)42-25-9-15-31-48(42)66)56(59-61-38-21-5-19-35-54(38)69-59)57(55(51)58-60-37-20-4-18-34-53(37)68-58)67-49-32-16-10-26-43(49)64(3)44-27-11-17-33-50(44)67/h4-36H,1-3H3. The minimum atomic E-state index is 0.451. The average Bonchev–Trinajstić information content (AvgIpc) is 4.04.